The van der Waals surface area contributed by atoms with E-state index in [0.717, 1.165) is 28.9 Å². The van der Waals surface area contributed by atoms with Gasteiger partial charge >= 0.3 is 0 Å². The molecule has 1 aliphatic rings. The molecule has 4 aromatic rings. The maximum atomic E-state index is 13.7. The van der Waals surface area contributed by atoms with Crippen LogP contribution in [0.4, 0.5) is 11.4 Å². The summed E-state index contributed by atoms with van der Waals surface area (Å²) in [4.78, 5) is 35.9. The number of carbonyl (C=O) groups is 2. The number of carbonyl (C=O) groups excluding carboxylic acids is 2. The summed E-state index contributed by atoms with van der Waals surface area (Å²) >= 11 is 0. The summed E-state index contributed by atoms with van der Waals surface area (Å²) in [7, 11) is 0. The minimum Gasteiger partial charge on any atom is -0.326 e. The van der Waals surface area contributed by atoms with E-state index in [4.69, 9.17) is 0 Å². The van der Waals surface area contributed by atoms with E-state index >= 15 is 0 Å². The molecule has 0 saturated carbocycles. The summed E-state index contributed by atoms with van der Waals surface area (Å²) in [5.74, 6) is 0.773. The zero-order chi connectivity index (χ0) is 25.1. The van der Waals surface area contributed by atoms with Gasteiger partial charge in [-0.2, -0.15) is 0 Å². The highest BCUT2D eigenvalue weighted by Crippen LogP contribution is 2.42. The Hall–Kier alpha value is -4.32. The lowest BCUT2D eigenvalue weighted by Crippen LogP contribution is -2.43. The Bertz CT molecular complexity index is 1370. The van der Waals surface area contributed by atoms with Gasteiger partial charge in [0.15, 0.2) is 5.82 Å². The van der Waals surface area contributed by atoms with Crippen molar-refractivity contribution in [2.24, 2.45) is 0 Å². The summed E-state index contributed by atoms with van der Waals surface area (Å²) in [5.41, 5.74) is 5.53. The van der Waals surface area contributed by atoms with Gasteiger partial charge < -0.3 is 10.2 Å². The highest BCUT2D eigenvalue weighted by molar-refractivity contribution is 6.07. The second-order valence-electron chi connectivity index (χ2n) is 9.04. The van der Waals surface area contributed by atoms with Crippen molar-refractivity contribution in [2.75, 3.05) is 10.2 Å². The Balaban J connectivity index is 1.42. The van der Waals surface area contributed by atoms with Crippen molar-refractivity contribution < 1.29 is 9.59 Å². The predicted octanol–water partition coefficient (Wildman–Crippen LogP) is 6.06. The quantitative estimate of drug-likeness (QED) is 0.380. The number of hydrogen-bond donors (Lipinski definition) is 1. The van der Waals surface area contributed by atoms with Crippen LogP contribution in [0.2, 0.25) is 0 Å². The molecule has 5 rings (SSSR count). The number of aromatic nitrogens is 2. The van der Waals surface area contributed by atoms with E-state index < -0.39 is 0 Å². The molecular formula is C30H28N4O2. The average molecular weight is 477 g/mol. The number of anilines is 2. The Morgan fingerprint density at radius 2 is 1.61 bits per heavy atom. The first-order valence-electron chi connectivity index (χ1n) is 12.2. The van der Waals surface area contributed by atoms with Crippen LogP contribution in [-0.4, -0.2) is 27.8 Å². The molecule has 2 heterocycles. The van der Waals surface area contributed by atoms with Crippen LogP contribution in [-0.2, 0) is 4.79 Å². The zero-order valence-corrected chi connectivity index (χ0v) is 20.4. The lowest BCUT2D eigenvalue weighted by atomic mass is 9.81. The number of nitrogens with zero attached hydrogens (tertiary/aromatic N) is 3. The monoisotopic (exact) mass is 476 g/mol. The van der Waals surface area contributed by atoms with Gasteiger partial charge in [0.2, 0.25) is 5.91 Å². The number of amides is 2. The molecule has 0 spiro atoms. The number of rotatable bonds is 5. The average Bonchev–Trinajstić information content (AvgIpc) is 2.93. The number of hydrogen-bond acceptors (Lipinski definition) is 4. The minimum atomic E-state index is -0.0217. The fraction of sp³-hybridized carbons (Fsp3) is 0.200. The van der Waals surface area contributed by atoms with E-state index in [1.165, 1.54) is 5.56 Å². The van der Waals surface area contributed by atoms with Crippen molar-refractivity contribution in [1.29, 1.82) is 0 Å². The SMILES string of the molecule is CCC(=O)Nc1ccc(C2CC(C)N(C(=O)c3ccc(-c4ncccn4)cc3)c3ccccc32)cc1. The van der Waals surface area contributed by atoms with E-state index in [0.29, 0.717) is 17.8 Å². The van der Waals surface area contributed by atoms with Gasteiger partial charge in [0, 0.05) is 53.3 Å². The van der Waals surface area contributed by atoms with Crippen LogP contribution < -0.4 is 10.2 Å². The van der Waals surface area contributed by atoms with Crippen LogP contribution in [0, 0.1) is 0 Å². The molecule has 2 unspecified atom stereocenters. The molecular weight excluding hydrogens is 448 g/mol. The molecule has 0 bridgehead atoms. The van der Waals surface area contributed by atoms with Gasteiger partial charge in [-0.25, -0.2) is 9.97 Å². The molecule has 0 fully saturated rings. The number of fused-ring (bicyclic) bond motifs is 1. The summed E-state index contributed by atoms with van der Waals surface area (Å²) in [6.07, 6.45) is 4.67. The van der Waals surface area contributed by atoms with Gasteiger partial charge in [0.25, 0.3) is 5.91 Å². The molecule has 0 aliphatic carbocycles. The van der Waals surface area contributed by atoms with Gasteiger partial charge in [0.05, 0.1) is 0 Å². The Morgan fingerprint density at radius 1 is 0.917 bits per heavy atom. The van der Waals surface area contributed by atoms with Crippen molar-refractivity contribution >= 4 is 23.2 Å². The molecule has 1 N–H and O–H groups in total. The highest BCUT2D eigenvalue weighted by atomic mass is 16.2. The smallest absolute Gasteiger partial charge is 0.258 e. The van der Waals surface area contributed by atoms with Crippen LogP contribution >= 0.6 is 0 Å². The topological polar surface area (TPSA) is 75.2 Å². The van der Waals surface area contributed by atoms with Gasteiger partial charge in [-0.05, 0) is 60.9 Å². The number of benzene rings is 3. The molecule has 6 heteroatoms. The lowest BCUT2D eigenvalue weighted by Gasteiger charge is -2.39. The highest BCUT2D eigenvalue weighted by Gasteiger charge is 2.34. The Morgan fingerprint density at radius 3 is 2.31 bits per heavy atom. The van der Waals surface area contributed by atoms with E-state index in [2.05, 4.69) is 40.4 Å². The van der Waals surface area contributed by atoms with Crippen molar-refractivity contribution in [3.63, 3.8) is 0 Å². The van der Waals surface area contributed by atoms with Gasteiger partial charge in [-0.3, -0.25) is 9.59 Å². The minimum absolute atomic E-state index is 0.00198. The fourth-order valence-corrected chi connectivity index (χ4v) is 4.83. The normalized spacial score (nSPS) is 16.8. The molecule has 6 nitrogen and oxygen atoms in total. The third-order valence-electron chi connectivity index (χ3n) is 6.68. The Labute approximate surface area is 211 Å². The zero-order valence-electron chi connectivity index (χ0n) is 20.4. The fourth-order valence-electron chi connectivity index (χ4n) is 4.83. The van der Waals surface area contributed by atoms with Crippen LogP contribution in [0.15, 0.2) is 91.3 Å². The molecule has 0 saturated heterocycles. The van der Waals surface area contributed by atoms with Crippen LogP contribution in [0.5, 0.6) is 0 Å². The van der Waals surface area contributed by atoms with Crippen molar-refractivity contribution in [3.05, 3.63) is 108 Å². The molecule has 0 radical (unpaired) electrons. The Kier molecular flexibility index (Phi) is 6.58. The number of nitrogens with one attached hydrogen (secondary N) is 1. The van der Waals surface area contributed by atoms with E-state index in [9.17, 15) is 9.59 Å². The molecule has 1 aliphatic heterocycles. The first-order valence-corrected chi connectivity index (χ1v) is 12.2. The first-order chi connectivity index (χ1) is 17.5. The van der Waals surface area contributed by atoms with Gasteiger partial charge in [-0.15, -0.1) is 0 Å². The van der Waals surface area contributed by atoms with Crippen LogP contribution in [0.1, 0.15) is 54.1 Å². The van der Waals surface area contributed by atoms with E-state index in [1.54, 1.807) is 18.5 Å². The van der Waals surface area contributed by atoms with E-state index in [1.807, 2.05) is 66.4 Å². The predicted molar refractivity (Wildman–Crippen MR) is 142 cm³/mol. The van der Waals surface area contributed by atoms with Gasteiger partial charge in [0.1, 0.15) is 0 Å². The molecule has 1 aromatic heterocycles. The van der Waals surface area contributed by atoms with Crippen LogP contribution in [0.25, 0.3) is 11.4 Å². The molecule has 3 aromatic carbocycles. The van der Waals surface area contributed by atoms with Crippen LogP contribution in [0.3, 0.4) is 0 Å². The van der Waals surface area contributed by atoms with Crippen molar-refractivity contribution in [2.45, 2.75) is 38.6 Å². The molecule has 36 heavy (non-hydrogen) atoms. The summed E-state index contributed by atoms with van der Waals surface area (Å²) in [6, 6.07) is 25.4. The second kappa shape index (κ2) is 10.1. The van der Waals surface area contributed by atoms with Crippen molar-refractivity contribution in [3.8, 4) is 11.4 Å². The molecule has 180 valence electrons. The third kappa shape index (κ3) is 4.62. The summed E-state index contributed by atoms with van der Waals surface area (Å²) in [6.45, 7) is 3.94. The largest absolute Gasteiger partial charge is 0.326 e. The number of para-hydroxylation sites is 1. The van der Waals surface area contributed by atoms with Crippen molar-refractivity contribution in [1.82, 2.24) is 9.97 Å². The standard InChI is InChI=1S/C30H28N4O2/c1-3-28(35)33-24-15-13-21(14-16-24)26-19-20(2)34(27-8-5-4-7-25(26)27)30(36)23-11-9-22(10-12-23)29-31-17-6-18-32-29/h4-18,20,26H,3,19H2,1-2H3,(H,33,35). The second-order valence-corrected chi connectivity index (χ2v) is 9.04. The maximum absolute atomic E-state index is 13.7. The lowest BCUT2D eigenvalue weighted by molar-refractivity contribution is -0.115. The third-order valence-corrected chi connectivity index (χ3v) is 6.68. The molecule has 2 amide bonds. The van der Waals surface area contributed by atoms with Gasteiger partial charge in [-0.1, -0.05) is 49.4 Å². The van der Waals surface area contributed by atoms with E-state index in [-0.39, 0.29) is 23.8 Å². The molecule has 2 atom stereocenters. The summed E-state index contributed by atoms with van der Waals surface area (Å²) < 4.78 is 0. The maximum Gasteiger partial charge on any atom is 0.258 e. The summed E-state index contributed by atoms with van der Waals surface area (Å²) in [5, 5.41) is 2.90. The first kappa shape index (κ1) is 23.4.